The van der Waals surface area contributed by atoms with E-state index in [-0.39, 0.29) is 28.7 Å². The molecule has 0 unspecified atom stereocenters. The summed E-state index contributed by atoms with van der Waals surface area (Å²) in [5.41, 5.74) is 1.04. The summed E-state index contributed by atoms with van der Waals surface area (Å²) in [6, 6.07) is 10.9. The van der Waals surface area contributed by atoms with Gasteiger partial charge in [0.15, 0.2) is 0 Å². The van der Waals surface area contributed by atoms with E-state index in [1.54, 1.807) is 12.1 Å². The monoisotopic (exact) mass is 575 g/mol. The number of nitrogens with zero attached hydrogens (tertiary/aromatic N) is 3. The van der Waals surface area contributed by atoms with Gasteiger partial charge >= 0.3 is 12.1 Å². The summed E-state index contributed by atoms with van der Waals surface area (Å²) in [7, 11) is 0. The van der Waals surface area contributed by atoms with E-state index in [2.05, 4.69) is 10.1 Å². The Kier molecular flexibility index (Phi) is 6.25. The number of rotatable bonds is 8. The van der Waals surface area contributed by atoms with Crippen LogP contribution < -0.4 is 10.3 Å². The molecule has 3 heterocycles. The molecule has 1 aliphatic heterocycles. The summed E-state index contributed by atoms with van der Waals surface area (Å²) >= 11 is 0. The lowest BCUT2D eigenvalue weighted by atomic mass is 9.95. The molecule has 3 aliphatic rings. The maximum absolute atomic E-state index is 13.8. The quantitative estimate of drug-likeness (QED) is 0.248. The van der Waals surface area contributed by atoms with E-state index in [0.29, 0.717) is 42.3 Å². The molecule has 2 saturated carbocycles. The highest BCUT2D eigenvalue weighted by molar-refractivity contribution is 5.93. The largest absolute Gasteiger partial charge is 0.477 e. The van der Waals surface area contributed by atoms with Crippen molar-refractivity contribution in [2.24, 2.45) is 11.8 Å². The van der Waals surface area contributed by atoms with Crippen molar-refractivity contribution in [2.45, 2.75) is 44.3 Å². The van der Waals surface area contributed by atoms with E-state index >= 15 is 0 Å². The molecule has 7 rings (SSSR count). The Balaban J connectivity index is 1.14. The third kappa shape index (κ3) is 4.88. The lowest BCUT2D eigenvalue weighted by Crippen LogP contribution is -2.45. The molecule has 2 aromatic carbocycles. The summed E-state index contributed by atoms with van der Waals surface area (Å²) in [4.78, 5) is 26.7. The maximum Gasteiger partial charge on any atom is 0.417 e. The average molecular weight is 576 g/mol. The minimum Gasteiger partial charge on any atom is -0.477 e. The first-order valence-corrected chi connectivity index (χ1v) is 14.2. The van der Waals surface area contributed by atoms with Crippen molar-refractivity contribution in [3.63, 3.8) is 0 Å². The predicted molar refractivity (Wildman–Crippen MR) is 152 cm³/mol. The molecule has 10 heteroatoms. The third-order valence-corrected chi connectivity index (χ3v) is 8.45. The van der Waals surface area contributed by atoms with Crippen molar-refractivity contribution in [1.82, 2.24) is 9.72 Å². The molecule has 1 saturated heterocycles. The van der Waals surface area contributed by atoms with Gasteiger partial charge in [0.25, 0.3) is 0 Å². The molecule has 4 aromatic rings. The summed E-state index contributed by atoms with van der Waals surface area (Å²) < 4.78 is 48.8. The number of fused-ring (bicyclic) bond motifs is 1. The Hall–Kier alpha value is -4.34. The lowest BCUT2D eigenvalue weighted by Gasteiger charge is -2.40. The number of anilines is 1. The van der Waals surface area contributed by atoms with E-state index in [0.717, 1.165) is 43.0 Å². The number of benzene rings is 2. The smallest absolute Gasteiger partial charge is 0.417 e. The number of aromatic carboxylic acids is 1. The summed E-state index contributed by atoms with van der Waals surface area (Å²) in [5.74, 6) is 0.241. The normalized spacial score (nSPS) is 17.7. The molecule has 1 N–H and O–H groups in total. The van der Waals surface area contributed by atoms with Gasteiger partial charge in [-0.15, -0.1) is 0 Å². The zero-order valence-electron chi connectivity index (χ0n) is 22.6. The molecular weight excluding hydrogens is 547 g/mol. The highest BCUT2D eigenvalue weighted by Gasteiger charge is 2.37. The molecule has 3 fully saturated rings. The van der Waals surface area contributed by atoms with E-state index in [4.69, 9.17) is 4.52 Å². The topological polar surface area (TPSA) is 88.6 Å². The Bertz CT molecular complexity index is 1790. The number of halogens is 3. The second-order valence-corrected chi connectivity index (χ2v) is 11.6. The lowest BCUT2D eigenvalue weighted by molar-refractivity contribution is -0.137. The second kappa shape index (κ2) is 9.89. The van der Waals surface area contributed by atoms with Gasteiger partial charge in [-0.05, 0) is 55.9 Å². The van der Waals surface area contributed by atoms with Crippen molar-refractivity contribution in [3.05, 3.63) is 87.4 Å². The highest BCUT2D eigenvalue weighted by Crippen LogP contribution is 2.46. The van der Waals surface area contributed by atoms with Crippen LogP contribution in [-0.2, 0) is 12.7 Å². The van der Waals surface area contributed by atoms with Gasteiger partial charge in [-0.2, -0.15) is 13.2 Å². The van der Waals surface area contributed by atoms with Crippen molar-refractivity contribution >= 4 is 28.6 Å². The van der Waals surface area contributed by atoms with Gasteiger partial charge in [0, 0.05) is 59.9 Å². The van der Waals surface area contributed by atoms with Gasteiger partial charge in [-0.1, -0.05) is 35.5 Å². The molecule has 0 bridgehead atoms. The second-order valence-electron chi connectivity index (χ2n) is 11.6. The fourth-order valence-electron chi connectivity index (χ4n) is 5.78. The van der Waals surface area contributed by atoms with Crippen molar-refractivity contribution < 1.29 is 27.6 Å². The number of carboxylic acid groups (broad SMARTS) is 1. The van der Waals surface area contributed by atoms with E-state index in [1.165, 1.54) is 18.3 Å². The fraction of sp³-hybridized carbons (Fsp3) is 0.344. The van der Waals surface area contributed by atoms with Crippen LogP contribution in [0.1, 0.15) is 58.8 Å². The molecule has 0 atom stereocenters. The maximum atomic E-state index is 13.8. The minimum absolute atomic E-state index is 0.00926. The standard InChI is InChI=1S/C32H28F3N3O4/c33-32(34,35)26-4-2-1-3-22(26)28-24(30(42-36-28)20-8-9-20)11-7-19-15-37(16-19)21-10-12-23-27(13-21)38(14-18-5-6-18)17-25(29(23)39)31(40)41/h1-4,7,10-13,17-20H,5-6,8-9,14-16H2,(H,40,41). The van der Waals surface area contributed by atoms with Crippen molar-refractivity contribution in [1.29, 1.82) is 0 Å². The van der Waals surface area contributed by atoms with Crippen LogP contribution in [0.5, 0.6) is 0 Å². The third-order valence-electron chi connectivity index (χ3n) is 8.45. The molecule has 0 radical (unpaired) electrons. The molecule has 42 heavy (non-hydrogen) atoms. The van der Waals surface area contributed by atoms with Gasteiger partial charge < -0.3 is 19.1 Å². The molecule has 7 nitrogen and oxygen atoms in total. The molecule has 2 aromatic heterocycles. The number of alkyl halides is 3. The van der Waals surface area contributed by atoms with Crippen LogP contribution in [0.2, 0.25) is 0 Å². The van der Waals surface area contributed by atoms with Gasteiger partial charge in [-0.25, -0.2) is 4.79 Å². The first-order valence-electron chi connectivity index (χ1n) is 14.2. The van der Waals surface area contributed by atoms with Crippen LogP contribution >= 0.6 is 0 Å². The highest BCUT2D eigenvalue weighted by atomic mass is 19.4. The van der Waals surface area contributed by atoms with Crippen molar-refractivity contribution in [3.8, 4) is 11.3 Å². The van der Waals surface area contributed by atoms with Gasteiger partial charge in [0.05, 0.1) is 11.1 Å². The summed E-state index contributed by atoms with van der Waals surface area (Å²) in [6.07, 6.45) is 4.85. The number of carboxylic acids is 1. The fourth-order valence-corrected chi connectivity index (χ4v) is 5.78. The SMILES string of the molecule is O=C(O)c1cn(CC2CC2)c2cc(N3CC(C=Cc4c(-c5ccccc5C(F)(F)F)noc4C4CC4)C3)ccc2c1=O. The number of pyridine rings is 1. The molecule has 216 valence electrons. The minimum atomic E-state index is -4.51. The zero-order chi connectivity index (χ0) is 29.2. The van der Waals surface area contributed by atoms with E-state index in [1.807, 2.05) is 28.9 Å². The number of carbonyl (C=O) groups is 1. The van der Waals surface area contributed by atoms with Crippen LogP contribution in [0.4, 0.5) is 18.9 Å². The molecule has 2 aliphatic carbocycles. The van der Waals surface area contributed by atoms with E-state index < -0.39 is 23.1 Å². The summed E-state index contributed by atoms with van der Waals surface area (Å²) in [6.45, 7) is 2.06. The van der Waals surface area contributed by atoms with Gasteiger partial charge in [-0.3, -0.25) is 4.79 Å². The number of aromatic nitrogens is 2. The van der Waals surface area contributed by atoms with Crippen LogP contribution in [0, 0.1) is 11.8 Å². The van der Waals surface area contributed by atoms with E-state index in [9.17, 15) is 27.9 Å². The van der Waals surface area contributed by atoms with Crippen LogP contribution in [0.3, 0.4) is 0 Å². The van der Waals surface area contributed by atoms with Gasteiger partial charge in [0.2, 0.25) is 5.43 Å². The Morgan fingerprint density at radius 1 is 1.10 bits per heavy atom. The van der Waals surface area contributed by atoms with Crippen molar-refractivity contribution in [2.75, 3.05) is 18.0 Å². The van der Waals surface area contributed by atoms with Crippen LogP contribution in [0.25, 0.3) is 28.2 Å². The first-order chi connectivity index (χ1) is 20.2. The molecule has 0 spiro atoms. The Labute approximate surface area is 238 Å². The molecular formula is C32H28F3N3O4. The Morgan fingerprint density at radius 3 is 2.55 bits per heavy atom. The first kappa shape index (κ1) is 26.6. The molecule has 0 amide bonds. The summed E-state index contributed by atoms with van der Waals surface area (Å²) in [5, 5.41) is 14.0. The number of hydrogen-bond acceptors (Lipinski definition) is 5. The Morgan fingerprint density at radius 2 is 1.86 bits per heavy atom. The van der Waals surface area contributed by atoms with Crippen LogP contribution in [0.15, 0.2) is 64.1 Å². The van der Waals surface area contributed by atoms with Gasteiger partial charge in [0.1, 0.15) is 17.0 Å². The number of hydrogen-bond donors (Lipinski definition) is 1. The average Bonchev–Trinajstić information content (AvgIpc) is 3.88. The predicted octanol–water partition coefficient (Wildman–Crippen LogP) is 6.81. The zero-order valence-corrected chi connectivity index (χ0v) is 22.6. The van der Waals surface area contributed by atoms with Crippen LogP contribution in [-0.4, -0.2) is 33.9 Å².